The Labute approximate surface area is 118 Å². The number of nitrogens with zero attached hydrogens (tertiary/aromatic N) is 1. The Morgan fingerprint density at radius 3 is 2.45 bits per heavy atom. The van der Waals surface area contributed by atoms with Crippen molar-refractivity contribution in [2.24, 2.45) is 0 Å². The Hall–Kier alpha value is -2.44. The van der Waals surface area contributed by atoms with Crippen LogP contribution in [0.15, 0.2) is 18.2 Å². The SMILES string of the molecule is COc1ccc(C(=O)NCCNC(=O)N(C)C)c(N)c1. The monoisotopic (exact) mass is 280 g/mol. The van der Waals surface area contributed by atoms with Crippen molar-refractivity contribution in [1.29, 1.82) is 0 Å². The molecule has 1 aromatic carbocycles. The summed E-state index contributed by atoms with van der Waals surface area (Å²) in [6.45, 7) is 0.669. The number of carbonyl (C=O) groups excluding carboxylic acids is 2. The molecule has 0 saturated heterocycles. The van der Waals surface area contributed by atoms with E-state index in [0.29, 0.717) is 30.1 Å². The van der Waals surface area contributed by atoms with Crippen LogP contribution in [0.25, 0.3) is 0 Å². The third kappa shape index (κ3) is 4.34. The van der Waals surface area contributed by atoms with Gasteiger partial charge in [-0.3, -0.25) is 4.79 Å². The summed E-state index contributed by atoms with van der Waals surface area (Å²) in [6.07, 6.45) is 0. The number of methoxy groups -OCH3 is 1. The largest absolute Gasteiger partial charge is 0.497 e. The highest BCUT2D eigenvalue weighted by Gasteiger charge is 2.10. The van der Waals surface area contributed by atoms with Gasteiger partial charge in [-0.25, -0.2) is 4.79 Å². The number of hydrogen-bond donors (Lipinski definition) is 3. The Kier molecular flexibility index (Phi) is 5.64. The zero-order valence-electron chi connectivity index (χ0n) is 11.9. The molecule has 0 aliphatic rings. The molecule has 3 amide bonds. The predicted octanol–water partition coefficient (Wildman–Crippen LogP) is 0.278. The van der Waals surface area contributed by atoms with Gasteiger partial charge in [-0.15, -0.1) is 0 Å². The van der Waals surface area contributed by atoms with E-state index in [2.05, 4.69) is 10.6 Å². The molecule has 0 unspecified atom stereocenters. The van der Waals surface area contributed by atoms with Crippen molar-refractivity contribution in [2.75, 3.05) is 40.0 Å². The standard InChI is InChI=1S/C13H20N4O3/c1-17(2)13(19)16-7-6-15-12(18)10-5-4-9(20-3)8-11(10)14/h4-5,8H,6-7,14H2,1-3H3,(H,15,18)(H,16,19). The second-order valence-electron chi connectivity index (χ2n) is 4.34. The van der Waals surface area contributed by atoms with Crippen molar-refractivity contribution in [3.63, 3.8) is 0 Å². The number of ether oxygens (including phenoxy) is 1. The summed E-state index contributed by atoms with van der Waals surface area (Å²) in [5.74, 6) is 0.307. The average molecular weight is 280 g/mol. The van der Waals surface area contributed by atoms with Crippen molar-refractivity contribution in [2.45, 2.75) is 0 Å². The van der Waals surface area contributed by atoms with Gasteiger partial charge in [-0.05, 0) is 12.1 Å². The average Bonchev–Trinajstić information content (AvgIpc) is 2.42. The molecule has 0 bridgehead atoms. The van der Waals surface area contributed by atoms with Gasteiger partial charge in [0.25, 0.3) is 5.91 Å². The molecule has 0 saturated carbocycles. The summed E-state index contributed by atoms with van der Waals surface area (Å²) in [6, 6.07) is 4.65. The van der Waals surface area contributed by atoms with Gasteiger partial charge >= 0.3 is 6.03 Å². The van der Waals surface area contributed by atoms with Gasteiger partial charge in [0, 0.05) is 38.9 Å². The van der Waals surface area contributed by atoms with Crippen LogP contribution in [0.2, 0.25) is 0 Å². The summed E-state index contributed by atoms with van der Waals surface area (Å²) < 4.78 is 5.01. The van der Waals surface area contributed by atoms with Crippen molar-refractivity contribution in [1.82, 2.24) is 15.5 Å². The molecule has 0 fully saturated rings. The van der Waals surface area contributed by atoms with E-state index in [4.69, 9.17) is 10.5 Å². The lowest BCUT2D eigenvalue weighted by molar-refractivity contribution is 0.0954. The lowest BCUT2D eigenvalue weighted by Gasteiger charge is -2.12. The molecule has 1 aromatic rings. The molecule has 7 nitrogen and oxygen atoms in total. The van der Waals surface area contributed by atoms with Crippen LogP contribution in [-0.2, 0) is 0 Å². The number of anilines is 1. The maximum Gasteiger partial charge on any atom is 0.316 e. The van der Waals surface area contributed by atoms with Crippen LogP contribution in [0.1, 0.15) is 10.4 Å². The number of amides is 3. The highest BCUT2D eigenvalue weighted by atomic mass is 16.5. The van der Waals surface area contributed by atoms with E-state index in [1.54, 1.807) is 32.3 Å². The number of rotatable bonds is 5. The number of hydrogen-bond acceptors (Lipinski definition) is 4. The first kappa shape index (κ1) is 15.6. The molecule has 0 heterocycles. The smallest absolute Gasteiger partial charge is 0.316 e. The minimum atomic E-state index is -0.288. The summed E-state index contributed by atoms with van der Waals surface area (Å²) in [4.78, 5) is 24.6. The number of nitrogens with two attached hydrogens (primary N) is 1. The third-order valence-electron chi connectivity index (χ3n) is 2.60. The van der Waals surface area contributed by atoms with E-state index in [0.717, 1.165) is 0 Å². The Bertz CT molecular complexity index is 489. The zero-order valence-corrected chi connectivity index (χ0v) is 11.9. The Balaban J connectivity index is 2.45. The van der Waals surface area contributed by atoms with E-state index in [9.17, 15) is 9.59 Å². The first-order valence-electron chi connectivity index (χ1n) is 6.12. The van der Waals surface area contributed by atoms with E-state index in [-0.39, 0.29) is 11.9 Å². The van der Waals surface area contributed by atoms with Crippen molar-refractivity contribution in [3.05, 3.63) is 23.8 Å². The van der Waals surface area contributed by atoms with E-state index in [1.807, 2.05) is 0 Å². The fourth-order valence-electron chi connectivity index (χ4n) is 1.47. The summed E-state index contributed by atoms with van der Waals surface area (Å²) in [5, 5.41) is 5.32. The van der Waals surface area contributed by atoms with Gasteiger partial charge in [0.1, 0.15) is 5.75 Å². The normalized spacial score (nSPS) is 9.75. The van der Waals surface area contributed by atoms with Gasteiger partial charge < -0.3 is 26.0 Å². The molecule has 0 spiro atoms. The molecule has 7 heteroatoms. The van der Waals surface area contributed by atoms with Gasteiger partial charge in [-0.1, -0.05) is 0 Å². The number of nitrogens with one attached hydrogen (secondary N) is 2. The molecular formula is C13H20N4O3. The van der Waals surface area contributed by atoms with Crippen LogP contribution >= 0.6 is 0 Å². The Morgan fingerprint density at radius 1 is 1.25 bits per heavy atom. The Morgan fingerprint density at radius 2 is 1.90 bits per heavy atom. The van der Waals surface area contributed by atoms with Crippen LogP contribution in [0.4, 0.5) is 10.5 Å². The summed E-state index contributed by atoms with van der Waals surface area (Å²) >= 11 is 0. The van der Waals surface area contributed by atoms with Gasteiger partial charge in [0.15, 0.2) is 0 Å². The van der Waals surface area contributed by atoms with Crippen LogP contribution in [0.3, 0.4) is 0 Å². The molecule has 0 aromatic heterocycles. The highest BCUT2D eigenvalue weighted by molar-refractivity contribution is 5.99. The number of benzene rings is 1. The van der Waals surface area contributed by atoms with Gasteiger partial charge in [-0.2, -0.15) is 0 Å². The van der Waals surface area contributed by atoms with Crippen LogP contribution in [-0.4, -0.2) is 51.1 Å². The van der Waals surface area contributed by atoms with Crippen molar-refractivity contribution in [3.8, 4) is 5.75 Å². The number of carbonyl (C=O) groups is 2. The molecule has 20 heavy (non-hydrogen) atoms. The van der Waals surface area contributed by atoms with E-state index in [1.165, 1.54) is 12.0 Å². The first-order valence-corrected chi connectivity index (χ1v) is 6.12. The van der Waals surface area contributed by atoms with Crippen molar-refractivity contribution < 1.29 is 14.3 Å². The fourth-order valence-corrected chi connectivity index (χ4v) is 1.47. The lowest BCUT2D eigenvalue weighted by atomic mass is 10.1. The second kappa shape index (κ2) is 7.22. The molecule has 4 N–H and O–H groups in total. The predicted molar refractivity (Wildman–Crippen MR) is 76.8 cm³/mol. The maximum absolute atomic E-state index is 11.9. The van der Waals surface area contributed by atoms with Crippen LogP contribution < -0.4 is 21.1 Å². The summed E-state index contributed by atoms with van der Waals surface area (Å²) in [7, 11) is 4.82. The fraction of sp³-hybridized carbons (Fsp3) is 0.385. The minimum Gasteiger partial charge on any atom is -0.497 e. The molecular weight excluding hydrogens is 260 g/mol. The molecule has 0 aliphatic heterocycles. The van der Waals surface area contributed by atoms with Crippen molar-refractivity contribution >= 4 is 17.6 Å². The molecule has 0 radical (unpaired) electrons. The molecule has 0 aliphatic carbocycles. The van der Waals surface area contributed by atoms with Crippen LogP contribution in [0, 0.1) is 0 Å². The quantitative estimate of drug-likeness (QED) is 0.533. The third-order valence-corrected chi connectivity index (χ3v) is 2.60. The highest BCUT2D eigenvalue weighted by Crippen LogP contribution is 2.19. The topological polar surface area (TPSA) is 96.7 Å². The minimum absolute atomic E-state index is 0.205. The van der Waals surface area contributed by atoms with E-state index < -0.39 is 0 Å². The van der Waals surface area contributed by atoms with Gasteiger partial charge in [0.2, 0.25) is 0 Å². The molecule has 1 rings (SSSR count). The van der Waals surface area contributed by atoms with E-state index >= 15 is 0 Å². The van der Waals surface area contributed by atoms with Gasteiger partial charge in [0.05, 0.1) is 12.7 Å². The lowest BCUT2D eigenvalue weighted by Crippen LogP contribution is -2.39. The molecule has 0 atom stereocenters. The molecule has 110 valence electrons. The second-order valence-corrected chi connectivity index (χ2v) is 4.34. The maximum atomic E-state index is 11.9. The number of nitrogen functional groups attached to an aromatic ring is 1. The summed E-state index contributed by atoms with van der Waals surface area (Å²) in [5.41, 5.74) is 6.50. The number of urea groups is 1. The first-order chi connectivity index (χ1) is 9.45. The van der Waals surface area contributed by atoms with Crippen LogP contribution in [0.5, 0.6) is 5.75 Å². The zero-order chi connectivity index (χ0) is 15.1.